The van der Waals surface area contributed by atoms with E-state index in [0.29, 0.717) is 5.92 Å². The van der Waals surface area contributed by atoms with Crippen molar-refractivity contribution in [3.63, 3.8) is 0 Å². The lowest BCUT2D eigenvalue weighted by Gasteiger charge is -2.50. The van der Waals surface area contributed by atoms with Crippen LogP contribution >= 0.6 is 0 Å². The van der Waals surface area contributed by atoms with Gasteiger partial charge in [0.1, 0.15) is 0 Å². The van der Waals surface area contributed by atoms with E-state index in [4.69, 9.17) is 0 Å². The molecule has 0 saturated heterocycles. The molecular weight excluding hydrogens is 372 g/mol. The topological polar surface area (TPSA) is 0 Å². The van der Waals surface area contributed by atoms with E-state index in [1.165, 1.54) is 22.3 Å². The molecule has 0 aliphatic heterocycles. The summed E-state index contributed by atoms with van der Waals surface area (Å²) < 4.78 is 0. The number of hydrogen-bond acceptors (Lipinski definition) is 0. The molecule has 31 heavy (non-hydrogen) atoms. The van der Waals surface area contributed by atoms with E-state index >= 15 is 0 Å². The van der Waals surface area contributed by atoms with Gasteiger partial charge < -0.3 is 0 Å². The molecule has 4 rings (SSSR count). The largest absolute Gasteiger partial charge is 0.0622 e. The highest BCUT2D eigenvalue weighted by Gasteiger charge is 2.60. The monoisotopic (exact) mass is 410 g/mol. The maximum atomic E-state index is 2.54. The smallest absolute Gasteiger partial charge is 0.0219 e. The van der Waals surface area contributed by atoms with Crippen LogP contribution in [0.2, 0.25) is 0 Å². The van der Waals surface area contributed by atoms with Crippen molar-refractivity contribution in [1.29, 1.82) is 0 Å². The van der Waals surface area contributed by atoms with Gasteiger partial charge in [-0.25, -0.2) is 0 Å². The van der Waals surface area contributed by atoms with E-state index in [-0.39, 0.29) is 21.7 Å². The molecule has 1 aliphatic carbocycles. The number of fused-ring (bicyclic) bond motifs is 1. The van der Waals surface area contributed by atoms with E-state index in [9.17, 15) is 0 Å². The van der Waals surface area contributed by atoms with Gasteiger partial charge >= 0.3 is 0 Å². The predicted octanol–water partition coefficient (Wildman–Crippen LogP) is 8.29. The quantitative estimate of drug-likeness (QED) is 0.406. The minimum atomic E-state index is -0.0301. The number of hydrogen-bond donors (Lipinski definition) is 0. The van der Waals surface area contributed by atoms with Gasteiger partial charge in [0.25, 0.3) is 0 Å². The second-order valence-corrected chi connectivity index (χ2v) is 11.8. The molecule has 0 N–H and O–H groups in total. The highest BCUT2D eigenvalue weighted by molar-refractivity contribution is 5.54. The van der Waals surface area contributed by atoms with Gasteiger partial charge in [-0.3, -0.25) is 0 Å². The zero-order chi connectivity index (χ0) is 22.5. The fraction of sp³-hybridized carbons (Fsp3) is 0.419. The lowest BCUT2D eigenvalue weighted by molar-refractivity contribution is 0.0769. The highest BCUT2D eigenvalue weighted by atomic mass is 14.6. The lowest BCUT2D eigenvalue weighted by atomic mass is 9.53. The van der Waals surface area contributed by atoms with Crippen LogP contribution in [0, 0.1) is 11.3 Å². The second-order valence-electron chi connectivity index (χ2n) is 11.8. The van der Waals surface area contributed by atoms with Crippen molar-refractivity contribution in [2.75, 3.05) is 0 Å². The standard InChI is InChI=1S/C31H38/c1-28(2,3)27-30(6,22-29(4,5)23-16-10-8-11-17-23)25-20-14-15-21-26(25)31(27,7)24-18-12-9-13-19-24/h8-21,27H,22H2,1-7H3. The van der Waals surface area contributed by atoms with Gasteiger partial charge in [0.2, 0.25) is 0 Å². The van der Waals surface area contributed by atoms with Crippen LogP contribution in [-0.2, 0) is 16.2 Å². The molecule has 3 unspecified atom stereocenters. The SMILES string of the molecule is CC(C)(CC1(C)c2ccccc2C(C)(c2ccccc2)C1C(C)(C)C)c1ccccc1. The van der Waals surface area contributed by atoms with Crippen LogP contribution in [0.4, 0.5) is 0 Å². The Morgan fingerprint density at radius 3 is 1.68 bits per heavy atom. The Hall–Kier alpha value is -2.34. The van der Waals surface area contributed by atoms with Crippen molar-refractivity contribution in [3.05, 3.63) is 107 Å². The molecular formula is C31H38. The van der Waals surface area contributed by atoms with Crippen LogP contribution in [0.25, 0.3) is 0 Å². The summed E-state index contributed by atoms with van der Waals surface area (Å²) in [5.41, 5.74) is 6.15. The minimum absolute atomic E-state index is 0.0301. The fourth-order valence-corrected chi connectivity index (χ4v) is 7.42. The fourth-order valence-electron chi connectivity index (χ4n) is 7.42. The van der Waals surface area contributed by atoms with Crippen molar-refractivity contribution < 1.29 is 0 Å². The summed E-state index contributed by atoms with van der Waals surface area (Å²) in [6.45, 7) is 17.2. The van der Waals surface area contributed by atoms with E-state index in [1.54, 1.807) is 0 Å². The minimum Gasteiger partial charge on any atom is -0.0622 e. The average molecular weight is 411 g/mol. The molecule has 0 nitrogen and oxygen atoms in total. The molecule has 0 aromatic heterocycles. The van der Waals surface area contributed by atoms with Gasteiger partial charge in [-0.05, 0) is 50.8 Å². The Morgan fingerprint density at radius 1 is 0.645 bits per heavy atom. The molecule has 0 fully saturated rings. The maximum Gasteiger partial charge on any atom is 0.0219 e. The van der Waals surface area contributed by atoms with Crippen molar-refractivity contribution in [1.82, 2.24) is 0 Å². The first-order valence-corrected chi connectivity index (χ1v) is 11.7. The highest BCUT2D eigenvalue weighted by Crippen LogP contribution is 2.65. The van der Waals surface area contributed by atoms with Gasteiger partial charge in [-0.15, -0.1) is 0 Å². The van der Waals surface area contributed by atoms with Crippen LogP contribution in [0.15, 0.2) is 84.9 Å². The summed E-state index contributed by atoms with van der Waals surface area (Å²) in [4.78, 5) is 0. The van der Waals surface area contributed by atoms with E-state index < -0.39 is 0 Å². The second kappa shape index (κ2) is 7.37. The van der Waals surface area contributed by atoms with Crippen molar-refractivity contribution in [2.24, 2.45) is 11.3 Å². The zero-order valence-electron chi connectivity index (χ0n) is 20.4. The first kappa shape index (κ1) is 21.9. The molecule has 162 valence electrons. The molecule has 1 aliphatic rings. The Kier molecular flexibility index (Phi) is 5.20. The summed E-state index contributed by atoms with van der Waals surface area (Å²) in [6.07, 6.45) is 1.12. The van der Waals surface area contributed by atoms with Gasteiger partial charge in [0, 0.05) is 5.41 Å². The summed E-state index contributed by atoms with van der Waals surface area (Å²) >= 11 is 0. The predicted molar refractivity (Wildman–Crippen MR) is 134 cm³/mol. The van der Waals surface area contributed by atoms with Gasteiger partial charge in [-0.2, -0.15) is 0 Å². The molecule has 0 saturated carbocycles. The maximum absolute atomic E-state index is 2.54. The van der Waals surface area contributed by atoms with Crippen LogP contribution in [0.1, 0.15) is 77.1 Å². The third-order valence-electron chi connectivity index (χ3n) is 7.92. The number of benzene rings is 3. The Labute approximate surface area is 189 Å². The third-order valence-corrected chi connectivity index (χ3v) is 7.92. The molecule has 0 heteroatoms. The third kappa shape index (κ3) is 3.45. The first-order chi connectivity index (χ1) is 14.5. The molecule has 0 bridgehead atoms. The zero-order valence-corrected chi connectivity index (χ0v) is 20.4. The molecule has 3 aromatic carbocycles. The van der Waals surface area contributed by atoms with Gasteiger partial charge in [-0.1, -0.05) is 133 Å². The average Bonchev–Trinajstić information content (AvgIpc) is 2.94. The normalized spacial score (nSPS) is 26.0. The molecule has 0 spiro atoms. The van der Waals surface area contributed by atoms with Crippen molar-refractivity contribution in [3.8, 4) is 0 Å². The number of rotatable bonds is 4. The van der Waals surface area contributed by atoms with E-state index in [2.05, 4.69) is 133 Å². The Bertz CT molecular complexity index is 1040. The van der Waals surface area contributed by atoms with Crippen LogP contribution in [-0.4, -0.2) is 0 Å². The lowest BCUT2D eigenvalue weighted by Crippen LogP contribution is -2.48. The molecule has 0 heterocycles. The molecule has 0 radical (unpaired) electrons. The van der Waals surface area contributed by atoms with Crippen molar-refractivity contribution in [2.45, 2.75) is 71.1 Å². The summed E-state index contributed by atoms with van der Waals surface area (Å²) in [6, 6.07) is 31.6. The van der Waals surface area contributed by atoms with Gasteiger partial charge in [0.05, 0.1) is 0 Å². The van der Waals surface area contributed by atoms with Crippen LogP contribution < -0.4 is 0 Å². The summed E-state index contributed by atoms with van der Waals surface area (Å²) in [7, 11) is 0. The van der Waals surface area contributed by atoms with Crippen LogP contribution in [0.5, 0.6) is 0 Å². The molecule has 3 atom stereocenters. The van der Waals surface area contributed by atoms with E-state index in [1.807, 2.05) is 0 Å². The first-order valence-electron chi connectivity index (χ1n) is 11.7. The Balaban J connectivity index is 1.95. The summed E-state index contributed by atoms with van der Waals surface area (Å²) in [5.74, 6) is 0.468. The van der Waals surface area contributed by atoms with Crippen LogP contribution in [0.3, 0.4) is 0 Å². The molecule has 0 amide bonds. The van der Waals surface area contributed by atoms with Crippen molar-refractivity contribution >= 4 is 0 Å². The summed E-state index contributed by atoms with van der Waals surface area (Å²) in [5, 5.41) is 0. The molecule has 3 aromatic rings. The van der Waals surface area contributed by atoms with Gasteiger partial charge in [0.15, 0.2) is 0 Å². The van der Waals surface area contributed by atoms with E-state index in [0.717, 1.165) is 6.42 Å². The Morgan fingerprint density at radius 2 is 1.13 bits per heavy atom.